The molecule has 0 radical (unpaired) electrons. The fourth-order valence-electron chi connectivity index (χ4n) is 2.91. The van der Waals surface area contributed by atoms with Gasteiger partial charge in [0.2, 0.25) is 0 Å². The van der Waals surface area contributed by atoms with Gasteiger partial charge in [0.15, 0.2) is 0 Å². The van der Waals surface area contributed by atoms with Gasteiger partial charge in [0.25, 0.3) is 0 Å². The van der Waals surface area contributed by atoms with Crippen LogP contribution in [0.4, 0.5) is 11.6 Å². The van der Waals surface area contributed by atoms with Gasteiger partial charge in [-0.2, -0.15) is 0 Å². The molecule has 0 fully saturated rings. The Labute approximate surface area is 152 Å². The molecule has 4 N–H and O–H groups in total. The van der Waals surface area contributed by atoms with E-state index in [-0.39, 0.29) is 0 Å². The SMILES string of the molecule is Nc1ccc(-c2cccc(-c3cccc(-c4ccc(N)nc4)c3)c2)cn1. The van der Waals surface area contributed by atoms with E-state index in [1.54, 1.807) is 12.4 Å². The monoisotopic (exact) mass is 338 g/mol. The molecule has 0 aliphatic carbocycles. The van der Waals surface area contributed by atoms with Crippen molar-refractivity contribution in [3.05, 3.63) is 85.2 Å². The molecule has 4 aromatic rings. The quantitative estimate of drug-likeness (QED) is 0.570. The van der Waals surface area contributed by atoms with Crippen LogP contribution in [0.3, 0.4) is 0 Å². The number of benzene rings is 2. The molecule has 4 heteroatoms. The number of hydrogen-bond acceptors (Lipinski definition) is 4. The van der Waals surface area contributed by atoms with Crippen molar-refractivity contribution in [1.82, 2.24) is 9.97 Å². The minimum Gasteiger partial charge on any atom is -0.384 e. The van der Waals surface area contributed by atoms with Gasteiger partial charge in [-0.1, -0.05) is 36.4 Å². The lowest BCUT2D eigenvalue weighted by molar-refractivity contribution is 1.33. The third-order valence-electron chi connectivity index (χ3n) is 4.30. The van der Waals surface area contributed by atoms with Crippen molar-refractivity contribution in [1.29, 1.82) is 0 Å². The summed E-state index contributed by atoms with van der Waals surface area (Å²) in [6, 6.07) is 24.4. The number of pyridine rings is 2. The van der Waals surface area contributed by atoms with E-state index in [0.717, 1.165) is 33.4 Å². The smallest absolute Gasteiger partial charge is 0.123 e. The topological polar surface area (TPSA) is 77.8 Å². The third kappa shape index (κ3) is 3.26. The van der Waals surface area contributed by atoms with E-state index in [1.165, 1.54) is 0 Å². The number of nitrogens with zero attached hydrogens (tertiary/aromatic N) is 2. The molecule has 0 amide bonds. The van der Waals surface area contributed by atoms with Gasteiger partial charge in [0.1, 0.15) is 11.6 Å². The number of rotatable bonds is 3. The summed E-state index contributed by atoms with van der Waals surface area (Å²) in [6.07, 6.45) is 3.59. The second-order valence-electron chi connectivity index (χ2n) is 6.11. The van der Waals surface area contributed by atoms with Crippen molar-refractivity contribution in [2.45, 2.75) is 0 Å². The fourth-order valence-corrected chi connectivity index (χ4v) is 2.91. The van der Waals surface area contributed by atoms with Crippen molar-refractivity contribution in [3.8, 4) is 33.4 Å². The first-order valence-electron chi connectivity index (χ1n) is 8.33. The second-order valence-corrected chi connectivity index (χ2v) is 6.11. The predicted octanol–water partition coefficient (Wildman–Crippen LogP) is 4.64. The molecule has 26 heavy (non-hydrogen) atoms. The molecule has 0 saturated carbocycles. The summed E-state index contributed by atoms with van der Waals surface area (Å²) < 4.78 is 0. The molecule has 0 spiro atoms. The zero-order chi connectivity index (χ0) is 17.9. The Morgan fingerprint density at radius 1 is 0.462 bits per heavy atom. The summed E-state index contributed by atoms with van der Waals surface area (Å²) in [5, 5.41) is 0. The Morgan fingerprint density at radius 2 is 0.846 bits per heavy atom. The zero-order valence-electron chi connectivity index (χ0n) is 14.1. The first-order valence-corrected chi connectivity index (χ1v) is 8.33. The Morgan fingerprint density at radius 3 is 1.19 bits per heavy atom. The summed E-state index contributed by atoms with van der Waals surface area (Å²) in [7, 11) is 0. The highest BCUT2D eigenvalue weighted by atomic mass is 14.8. The molecule has 0 aliphatic heterocycles. The summed E-state index contributed by atoms with van der Waals surface area (Å²) in [6.45, 7) is 0. The van der Waals surface area contributed by atoms with Gasteiger partial charge >= 0.3 is 0 Å². The molecule has 2 aromatic carbocycles. The number of nitrogens with two attached hydrogens (primary N) is 2. The number of hydrogen-bond donors (Lipinski definition) is 2. The highest BCUT2D eigenvalue weighted by Gasteiger charge is 2.05. The number of anilines is 2. The lowest BCUT2D eigenvalue weighted by atomic mass is 9.97. The lowest BCUT2D eigenvalue weighted by Crippen LogP contribution is -1.90. The molecule has 0 unspecified atom stereocenters. The molecule has 126 valence electrons. The van der Waals surface area contributed by atoms with Gasteiger partial charge < -0.3 is 11.5 Å². The van der Waals surface area contributed by atoms with Crippen LogP contribution in [-0.4, -0.2) is 9.97 Å². The van der Waals surface area contributed by atoms with E-state index in [0.29, 0.717) is 11.6 Å². The number of aromatic nitrogens is 2. The van der Waals surface area contributed by atoms with E-state index in [4.69, 9.17) is 11.5 Å². The van der Waals surface area contributed by atoms with E-state index >= 15 is 0 Å². The van der Waals surface area contributed by atoms with Crippen LogP contribution in [0.25, 0.3) is 33.4 Å². The normalized spacial score (nSPS) is 10.6. The molecular formula is C22H18N4. The van der Waals surface area contributed by atoms with Gasteiger partial charge in [-0.15, -0.1) is 0 Å². The summed E-state index contributed by atoms with van der Waals surface area (Å²) in [5.41, 5.74) is 17.9. The van der Waals surface area contributed by atoms with Crippen molar-refractivity contribution in [3.63, 3.8) is 0 Å². The van der Waals surface area contributed by atoms with Crippen LogP contribution in [0, 0.1) is 0 Å². The van der Waals surface area contributed by atoms with Crippen LogP contribution in [0.2, 0.25) is 0 Å². The third-order valence-corrected chi connectivity index (χ3v) is 4.30. The fraction of sp³-hybridized carbons (Fsp3) is 0. The van der Waals surface area contributed by atoms with Crippen LogP contribution >= 0.6 is 0 Å². The second kappa shape index (κ2) is 6.69. The predicted molar refractivity (Wildman–Crippen MR) is 107 cm³/mol. The van der Waals surface area contributed by atoms with E-state index < -0.39 is 0 Å². The van der Waals surface area contributed by atoms with Gasteiger partial charge in [0, 0.05) is 23.5 Å². The van der Waals surface area contributed by atoms with Crippen LogP contribution < -0.4 is 11.5 Å². The Hall–Kier alpha value is -3.66. The molecule has 4 rings (SSSR count). The lowest BCUT2D eigenvalue weighted by Gasteiger charge is -2.08. The summed E-state index contributed by atoms with van der Waals surface area (Å²) >= 11 is 0. The molecule has 0 bridgehead atoms. The minimum absolute atomic E-state index is 0.523. The Balaban J connectivity index is 1.72. The highest BCUT2D eigenvalue weighted by molar-refractivity contribution is 5.76. The van der Waals surface area contributed by atoms with Crippen LogP contribution in [0.1, 0.15) is 0 Å². The summed E-state index contributed by atoms with van der Waals surface area (Å²) in [5.74, 6) is 1.05. The van der Waals surface area contributed by atoms with E-state index in [1.807, 2.05) is 24.3 Å². The highest BCUT2D eigenvalue weighted by Crippen LogP contribution is 2.29. The van der Waals surface area contributed by atoms with Gasteiger partial charge in [-0.05, 0) is 58.7 Å². The molecular weight excluding hydrogens is 320 g/mol. The molecule has 4 nitrogen and oxygen atoms in total. The maximum atomic E-state index is 5.68. The Kier molecular flexibility index (Phi) is 4.07. The maximum absolute atomic E-state index is 5.68. The first-order chi connectivity index (χ1) is 12.7. The average Bonchev–Trinajstić information content (AvgIpc) is 2.69. The van der Waals surface area contributed by atoms with Gasteiger partial charge in [-0.3, -0.25) is 0 Å². The van der Waals surface area contributed by atoms with Crippen LogP contribution in [0.5, 0.6) is 0 Å². The molecule has 0 aliphatic rings. The molecule has 2 aromatic heterocycles. The number of nitrogen functional groups attached to an aromatic ring is 2. The first kappa shape index (κ1) is 15.8. The Bertz CT molecular complexity index is 951. The van der Waals surface area contributed by atoms with Crippen molar-refractivity contribution >= 4 is 11.6 Å². The van der Waals surface area contributed by atoms with Gasteiger partial charge in [-0.25, -0.2) is 9.97 Å². The van der Waals surface area contributed by atoms with Gasteiger partial charge in [0.05, 0.1) is 0 Å². The standard InChI is InChI=1S/C22H18N4/c23-21-9-7-19(13-25-21)17-5-1-3-15(11-17)16-4-2-6-18(12-16)20-8-10-22(24)26-14-20/h1-14H,(H2,23,25)(H2,24,26). The largest absolute Gasteiger partial charge is 0.384 e. The summed E-state index contributed by atoms with van der Waals surface area (Å²) in [4.78, 5) is 8.36. The van der Waals surface area contributed by atoms with Crippen molar-refractivity contribution < 1.29 is 0 Å². The van der Waals surface area contributed by atoms with Crippen molar-refractivity contribution in [2.24, 2.45) is 0 Å². The van der Waals surface area contributed by atoms with E-state index in [2.05, 4.69) is 58.5 Å². The average molecular weight is 338 g/mol. The molecule has 0 saturated heterocycles. The van der Waals surface area contributed by atoms with Crippen LogP contribution in [-0.2, 0) is 0 Å². The maximum Gasteiger partial charge on any atom is 0.123 e. The van der Waals surface area contributed by atoms with Crippen molar-refractivity contribution in [2.75, 3.05) is 11.5 Å². The zero-order valence-corrected chi connectivity index (χ0v) is 14.1. The molecule has 0 atom stereocenters. The van der Waals surface area contributed by atoms with Crippen LogP contribution in [0.15, 0.2) is 85.2 Å². The minimum atomic E-state index is 0.523. The van der Waals surface area contributed by atoms with E-state index in [9.17, 15) is 0 Å². The molecule has 2 heterocycles.